The molecule has 0 unspecified atom stereocenters. The van der Waals surface area contributed by atoms with Gasteiger partial charge in [-0.15, -0.1) is 10.2 Å². The molecule has 3 heterocycles. The summed E-state index contributed by atoms with van der Waals surface area (Å²) in [5, 5.41) is 16.3. The van der Waals surface area contributed by atoms with Crippen molar-refractivity contribution >= 4 is 17.4 Å². The van der Waals surface area contributed by atoms with Gasteiger partial charge in [0.15, 0.2) is 5.78 Å². The van der Waals surface area contributed by atoms with Gasteiger partial charge in [0.2, 0.25) is 0 Å². The number of nitrogens with zero attached hydrogens (tertiary/aromatic N) is 6. The van der Waals surface area contributed by atoms with Gasteiger partial charge in [0, 0.05) is 23.5 Å². The van der Waals surface area contributed by atoms with Crippen LogP contribution in [0.4, 0.5) is 26.3 Å². The molecule has 208 valence electrons. The Labute approximate surface area is 232 Å². The zero-order chi connectivity index (χ0) is 29.4. The summed E-state index contributed by atoms with van der Waals surface area (Å²) >= 11 is 6.22. The second kappa shape index (κ2) is 10.7. The van der Waals surface area contributed by atoms with Crippen LogP contribution in [0, 0.1) is 0 Å². The fourth-order valence-corrected chi connectivity index (χ4v) is 4.36. The van der Waals surface area contributed by atoms with Crippen LogP contribution in [0.2, 0.25) is 5.02 Å². The van der Waals surface area contributed by atoms with Crippen LogP contribution < -0.4 is 0 Å². The number of pyridine rings is 1. The summed E-state index contributed by atoms with van der Waals surface area (Å²) in [5.74, 6) is -0.511. The highest BCUT2D eigenvalue weighted by molar-refractivity contribution is 6.35. The van der Waals surface area contributed by atoms with Gasteiger partial charge >= 0.3 is 12.4 Å². The van der Waals surface area contributed by atoms with E-state index in [4.69, 9.17) is 11.6 Å². The summed E-state index contributed by atoms with van der Waals surface area (Å²) in [6.07, 6.45) is -5.91. The van der Waals surface area contributed by atoms with Crippen LogP contribution in [-0.4, -0.2) is 36.0 Å². The molecule has 41 heavy (non-hydrogen) atoms. The third-order valence-electron chi connectivity index (χ3n) is 5.98. The topological polar surface area (TPSA) is 86.5 Å². The highest BCUT2D eigenvalue weighted by Gasteiger charge is 2.37. The van der Waals surface area contributed by atoms with Crippen molar-refractivity contribution in [3.8, 4) is 22.6 Å². The Morgan fingerprint density at radius 2 is 1.44 bits per heavy atom. The van der Waals surface area contributed by atoms with E-state index >= 15 is 0 Å². The van der Waals surface area contributed by atoms with E-state index in [-0.39, 0.29) is 44.9 Å². The van der Waals surface area contributed by atoms with Crippen molar-refractivity contribution in [3.63, 3.8) is 0 Å². The van der Waals surface area contributed by atoms with E-state index in [0.717, 1.165) is 4.68 Å². The largest absolute Gasteiger partial charge is 0.416 e. The number of ketones is 1. The van der Waals surface area contributed by atoms with Crippen molar-refractivity contribution in [1.82, 2.24) is 30.2 Å². The number of benzene rings is 2. The molecule has 5 aromatic rings. The van der Waals surface area contributed by atoms with Gasteiger partial charge in [-0.25, -0.2) is 4.68 Å². The lowest BCUT2D eigenvalue weighted by Crippen LogP contribution is -2.13. The maximum absolute atomic E-state index is 13.5. The van der Waals surface area contributed by atoms with E-state index in [0.29, 0.717) is 17.7 Å². The van der Waals surface area contributed by atoms with E-state index in [1.54, 1.807) is 12.1 Å². The smallest absolute Gasteiger partial charge is 0.288 e. The van der Waals surface area contributed by atoms with Gasteiger partial charge in [-0.2, -0.15) is 31.4 Å². The Morgan fingerprint density at radius 1 is 0.780 bits per heavy atom. The van der Waals surface area contributed by atoms with Crippen LogP contribution in [0.1, 0.15) is 32.6 Å². The van der Waals surface area contributed by atoms with Crippen LogP contribution >= 0.6 is 11.6 Å². The number of hydrogen-bond acceptors (Lipinski definition) is 6. The molecule has 0 aliphatic carbocycles. The molecule has 5 rings (SSSR count). The number of aromatic nitrogens is 6. The predicted molar refractivity (Wildman–Crippen MR) is 135 cm³/mol. The van der Waals surface area contributed by atoms with Crippen molar-refractivity contribution in [2.45, 2.75) is 18.9 Å². The van der Waals surface area contributed by atoms with Gasteiger partial charge < -0.3 is 0 Å². The highest BCUT2D eigenvalue weighted by Crippen LogP contribution is 2.37. The fourth-order valence-electron chi connectivity index (χ4n) is 4.14. The summed E-state index contributed by atoms with van der Waals surface area (Å²) in [5.41, 5.74) is -2.47. The van der Waals surface area contributed by atoms with Crippen LogP contribution in [0.25, 0.3) is 22.6 Å². The molecule has 0 fully saturated rings. The molecule has 0 bridgehead atoms. The first-order valence-corrected chi connectivity index (χ1v) is 12.0. The normalized spacial score (nSPS) is 12.0. The quantitative estimate of drug-likeness (QED) is 0.161. The summed E-state index contributed by atoms with van der Waals surface area (Å²) < 4.78 is 81.9. The molecule has 0 saturated heterocycles. The number of carbonyl (C=O) groups excluding carboxylic acids is 1. The van der Waals surface area contributed by atoms with Crippen molar-refractivity contribution in [2.75, 3.05) is 0 Å². The zero-order valence-electron chi connectivity index (χ0n) is 20.4. The summed E-state index contributed by atoms with van der Waals surface area (Å²) in [4.78, 5) is 17.4. The van der Waals surface area contributed by atoms with Crippen LogP contribution in [0.15, 0.2) is 79.3 Å². The molecular formula is C27H15ClF6N6O. The van der Waals surface area contributed by atoms with Crippen LogP contribution in [-0.2, 0) is 18.9 Å². The molecule has 0 saturated carbocycles. The average Bonchev–Trinajstić information content (AvgIpc) is 3.35. The predicted octanol–water partition coefficient (Wildman–Crippen LogP) is 6.77. The van der Waals surface area contributed by atoms with Crippen molar-refractivity contribution < 1.29 is 31.1 Å². The molecule has 2 aromatic carbocycles. The molecule has 3 aromatic heterocycles. The summed E-state index contributed by atoms with van der Waals surface area (Å²) in [7, 11) is 0. The molecule has 7 nitrogen and oxygen atoms in total. The first-order valence-electron chi connectivity index (χ1n) is 11.7. The number of alkyl halides is 6. The summed E-state index contributed by atoms with van der Waals surface area (Å²) in [6, 6.07) is 12.1. The van der Waals surface area contributed by atoms with Crippen LogP contribution in [0.5, 0.6) is 0 Å². The molecule has 0 radical (unpaired) electrons. The Hall–Kier alpha value is -4.65. The molecular weight excluding hydrogens is 574 g/mol. The second-order valence-electron chi connectivity index (χ2n) is 8.70. The van der Waals surface area contributed by atoms with Gasteiger partial charge in [-0.1, -0.05) is 28.9 Å². The minimum atomic E-state index is -5.02. The highest BCUT2D eigenvalue weighted by atomic mass is 35.5. The van der Waals surface area contributed by atoms with Crippen LogP contribution in [0.3, 0.4) is 0 Å². The third-order valence-corrected chi connectivity index (χ3v) is 6.31. The van der Waals surface area contributed by atoms with Gasteiger partial charge in [0.1, 0.15) is 11.4 Å². The number of carbonyl (C=O) groups is 1. The molecule has 0 aliphatic rings. The first kappa shape index (κ1) is 27.9. The van der Waals surface area contributed by atoms with Crippen molar-refractivity contribution in [1.29, 1.82) is 0 Å². The van der Waals surface area contributed by atoms with Crippen molar-refractivity contribution in [2.24, 2.45) is 0 Å². The minimum Gasteiger partial charge on any atom is -0.288 e. The number of halogens is 7. The Balaban J connectivity index is 1.67. The average molecular weight is 589 g/mol. The van der Waals surface area contributed by atoms with Gasteiger partial charge in [0.25, 0.3) is 0 Å². The Bertz CT molecular complexity index is 1700. The molecule has 0 aliphatic heterocycles. The van der Waals surface area contributed by atoms with Gasteiger partial charge in [-0.05, 0) is 54.1 Å². The molecule has 0 amide bonds. The zero-order valence-corrected chi connectivity index (χ0v) is 21.2. The van der Waals surface area contributed by atoms with E-state index in [1.165, 1.54) is 48.9 Å². The standard InChI is InChI=1S/C27H15ClF6N6O/c28-21-4-2-1-3-19(21)25(41)20-7-10-36-37-22(20)23-24(16-5-8-35-9-6-16)40(39-38-23)14-15-11-17(26(29,30)31)13-18(12-15)27(32,33)34/h1-13H,14H2. The van der Waals surface area contributed by atoms with Gasteiger partial charge in [0.05, 0.1) is 40.1 Å². The summed E-state index contributed by atoms with van der Waals surface area (Å²) in [6.45, 7) is -0.522. The van der Waals surface area contributed by atoms with E-state index in [2.05, 4.69) is 25.5 Å². The third kappa shape index (κ3) is 5.80. The molecule has 0 N–H and O–H groups in total. The first-order chi connectivity index (χ1) is 19.4. The maximum atomic E-state index is 13.5. The van der Waals surface area contributed by atoms with E-state index < -0.39 is 35.8 Å². The number of rotatable bonds is 6. The fraction of sp³-hybridized carbons (Fsp3) is 0.111. The molecule has 0 atom stereocenters. The second-order valence-corrected chi connectivity index (χ2v) is 9.10. The lowest BCUT2D eigenvalue weighted by Gasteiger charge is -2.15. The SMILES string of the molecule is O=C(c1ccccc1Cl)c1ccnnc1-c1nnn(Cc2cc(C(F)(F)F)cc(C(F)(F)F)c2)c1-c1ccncc1. The Kier molecular flexibility index (Phi) is 7.30. The van der Waals surface area contributed by atoms with Gasteiger partial charge in [-0.3, -0.25) is 9.78 Å². The minimum absolute atomic E-state index is 0.0164. The molecule has 0 spiro atoms. The van der Waals surface area contributed by atoms with E-state index in [1.807, 2.05) is 0 Å². The number of hydrogen-bond donors (Lipinski definition) is 0. The Morgan fingerprint density at radius 3 is 2.07 bits per heavy atom. The lowest BCUT2D eigenvalue weighted by molar-refractivity contribution is -0.143. The lowest BCUT2D eigenvalue weighted by atomic mass is 9.99. The maximum Gasteiger partial charge on any atom is 0.416 e. The van der Waals surface area contributed by atoms with Crippen molar-refractivity contribution in [3.05, 3.63) is 112 Å². The molecule has 14 heteroatoms. The van der Waals surface area contributed by atoms with E-state index in [9.17, 15) is 31.1 Å². The monoisotopic (exact) mass is 588 g/mol.